The van der Waals surface area contributed by atoms with Gasteiger partial charge < -0.3 is 14.8 Å². The van der Waals surface area contributed by atoms with Crippen LogP contribution in [0.3, 0.4) is 0 Å². The van der Waals surface area contributed by atoms with E-state index in [1.165, 1.54) is 4.90 Å². The van der Waals surface area contributed by atoms with Crippen molar-refractivity contribution in [3.63, 3.8) is 0 Å². The molecule has 4 heteroatoms. The monoisotopic (exact) mass is 208 g/mol. The molecule has 0 heterocycles. The molecule has 0 aliphatic heterocycles. The zero-order valence-electron chi connectivity index (χ0n) is 13.3. The van der Waals surface area contributed by atoms with Crippen LogP contribution < -0.4 is 9.89 Å². The predicted octanol–water partition coefficient (Wildman–Crippen LogP) is -2.12. The molecule has 4 nitrogen and oxygen atoms in total. The molecule has 0 aliphatic rings. The van der Waals surface area contributed by atoms with Crippen LogP contribution in [0.4, 0.5) is 0 Å². The Morgan fingerprint density at radius 3 is 1.21 bits per heavy atom. The van der Waals surface area contributed by atoms with Crippen molar-refractivity contribution in [3.8, 4) is 0 Å². The molecule has 0 rings (SSSR count). The highest BCUT2D eigenvalue weighted by Crippen LogP contribution is 1.47. The van der Waals surface area contributed by atoms with Gasteiger partial charge in [0.15, 0.2) is 0 Å². The van der Waals surface area contributed by atoms with Crippen LogP contribution in [0.1, 0.15) is 2.85 Å². The van der Waals surface area contributed by atoms with E-state index in [0.29, 0.717) is 0 Å². The minimum Gasteiger partial charge on any atom is -0.342 e. The van der Waals surface area contributed by atoms with Crippen LogP contribution >= 0.6 is 0 Å². The quantitative estimate of drug-likeness (QED) is 0.439. The first-order chi connectivity index (χ1) is 6.29. The highest BCUT2D eigenvalue weighted by Gasteiger charge is 1.61. The van der Waals surface area contributed by atoms with Gasteiger partial charge in [0.1, 0.15) is 13.8 Å². The summed E-state index contributed by atoms with van der Waals surface area (Å²) in [7, 11) is 15.7. The van der Waals surface area contributed by atoms with E-state index in [0.717, 1.165) is 0 Å². The van der Waals surface area contributed by atoms with Crippen molar-refractivity contribution in [2.24, 2.45) is 4.99 Å². The molecule has 0 aromatic rings. The van der Waals surface area contributed by atoms with Crippen molar-refractivity contribution in [1.82, 2.24) is 4.90 Å². The van der Waals surface area contributed by atoms with Crippen LogP contribution in [0, 0.1) is 0 Å². The Bertz CT molecular complexity index is 81.3. The Labute approximate surface area is 93.3 Å². The van der Waals surface area contributed by atoms with E-state index in [9.17, 15) is 0 Å². The topological polar surface area (TPSA) is 34.0 Å². The number of quaternary nitrogens is 1. The molecule has 0 radical (unpaired) electrons. The summed E-state index contributed by atoms with van der Waals surface area (Å²) in [6.07, 6.45) is 0. The molecule has 0 aromatic heterocycles. The van der Waals surface area contributed by atoms with Crippen LogP contribution in [0.2, 0.25) is 0 Å². The van der Waals surface area contributed by atoms with E-state index >= 15 is 0 Å². The maximum Gasteiger partial charge on any atom is 1.00 e. The Hall–Kier alpha value is -0.740. The summed E-state index contributed by atoms with van der Waals surface area (Å²) in [5, 5.41) is 0. The summed E-state index contributed by atoms with van der Waals surface area (Å²) >= 11 is 0. The van der Waals surface area contributed by atoms with E-state index in [-0.39, 0.29) is 2.85 Å². The van der Waals surface area contributed by atoms with Crippen molar-refractivity contribution in [3.05, 3.63) is 0 Å². The van der Waals surface area contributed by atoms with Gasteiger partial charge in [0, 0.05) is 7.05 Å². The third kappa shape index (κ3) is 2160. The third-order valence-corrected chi connectivity index (χ3v) is 0. The van der Waals surface area contributed by atoms with E-state index in [1.54, 1.807) is 14.1 Å². The van der Waals surface area contributed by atoms with Crippen molar-refractivity contribution >= 4 is 13.4 Å². The van der Waals surface area contributed by atoms with Crippen molar-refractivity contribution < 1.29 is 12.7 Å². The summed E-state index contributed by atoms with van der Waals surface area (Å²) in [4.78, 5) is 9.17. The molecule has 88 valence electrons. The largest absolute Gasteiger partial charge is 1.00 e. The second-order valence-electron chi connectivity index (χ2n) is 3.51. The van der Waals surface area contributed by atoms with Crippen LogP contribution in [0.25, 0.3) is 0 Å². The van der Waals surface area contributed by atoms with Gasteiger partial charge >= 0.3 is 2.85 Å². The molecule has 0 aliphatic carbocycles. The standard InChI is InChI=1S/2C3H9N.2C2H5N/c2*1-4(2)3;2*1-3-2/h2*1-3H3;2*1H2,2H3/p+4. The molecule has 0 saturated carbocycles. The lowest BCUT2D eigenvalue weighted by atomic mass is 11.0. The van der Waals surface area contributed by atoms with Gasteiger partial charge in [-0.15, -0.1) is 0 Å². The Balaban J connectivity index is -0.0000000202. The van der Waals surface area contributed by atoms with Gasteiger partial charge in [-0.25, -0.2) is 0 Å². The fraction of sp³-hybridized carbons (Fsp3) is 0.800. The first-order valence-corrected chi connectivity index (χ1v) is 4.46. The number of nitrogens with one attached hydrogen (secondary N) is 2. The third-order valence-electron chi connectivity index (χ3n) is 0. The molecule has 2 N–H and O–H groups in total. The summed E-state index contributed by atoms with van der Waals surface area (Å²) < 4.78 is 0. The Morgan fingerprint density at radius 2 is 1.21 bits per heavy atom. The molecule has 0 bridgehead atoms. The van der Waals surface area contributed by atoms with Gasteiger partial charge in [-0.3, -0.25) is 4.99 Å². The maximum atomic E-state index is 3.25. The summed E-state index contributed by atoms with van der Waals surface area (Å²) in [6.45, 7) is 6.35. The molecule has 0 aromatic carbocycles. The molecule has 0 saturated heterocycles. The average Bonchev–Trinajstić information content (AvgIpc) is 1.85. The average molecular weight is 208 g/mol. The molecule has 0 amide bonds. The van der Waals surface area contributed by atoms with Gasteiger partial charge in [-0.1, -0.05) is 0 Å². The second-order valence-corrected chi connectivity index (χ2v) is 3.51. The van der Waals surface area contributed by atoms with E-state index in [4.69, 9.17) is 0 Å². The smallest absolute Gasteiger partial charge is 0.342 e. The van der Waals surface area contributed by atoms with Crippen LogP contribution in [0.15, 0.2) is 4.99 Å². The van der Waals surface area contributed by atoms with Crippen LogP contribution in [-0.4, -0.2) is 74.7 Å². The fourth-order valence-corrected chi connectivity index (χ4v) is 0. The lowest BCUT2D eigenvalue weighted by molar-refractivity contribution is -0.836. The normalized spacial score (nSPS) is 7.00. The number of hydrogen-bond acceptors (Lipinski definition) is 2. The van der Waals surface area contributed by atoms with Crippen molar-refractivity contribution in [1.29, 1.82) is 0 Å². The van der Waals surface area contributed by atoms with Gasteiger partial charge in [-0.05, 0) is 27.9 Å². The molecule has 0 atom stereocenters. The molecule has 0 spiro atoms. The lowest BCUT2D eigenvalue weighted by Crippen LogP contribution is -3.02. The minimum atomic E-state index is 0. The number of nitrogens with zero attached hydrogens (tertiary/aromatic N) is 2. The summed E-state index contributed by atoms with van der Waals surface area (Å²) in [5.41, 5.74) is 0. The van der Waals surface area contributed by atoms with Gasteiger partial charge in [0.2, 0.25) is 0 Å². The van der Waals surface area contributed by atoms with Gasteiger partial charge in [0.05, 0.1) is 21.1 Å². The fourth-order valence-electron chi connectivity index (χ4n) is 0. The van der Waals surface area contributed by atoms with Crippen LogP contribution in [0.5, 0.6) is 0 Å². The molecule has 14 heavy (non-hydrogen) atoms. The van der Waals surface area contributed by atoms with Crippen LogP contribution in [-0.2, 0) is 0 Å². The zero-order valence-corrected chi connectivity index (χ0v) is 11.3. The lowest BCUT2D eigenvalue weighted by Gasteiger charge is -1.90. The van der Waals surface area contributed by atoms with Crippen molar-refractivity contribution in [2.45, 2.75) is 0 Å². The molecule has 0 fully saturated rings. The van der Waals surface area contributed by atoms with Crippen molar-refractivity contribution in [2.75, 3.05) is 56.4 Å². The Kier molecular flexibility index (Phi) is 49.0. The number of hydrogen-bond donors (Lipinski definition) is 2. The summed E-state index contributed by atoms with van der Waals surface area (Å²) in [5.74, 6) is 0. The SMILES string of the molecule is C=NC.C=[NH+]C.CN(C)C.C[NH+](C)C.[H+].[H+]. The second kappa shape index (κ2) is 29.5. The highest BCUT2D eigenvalue weighted by molar-refractivity contribution is 5.22. The predicted molar refractivity (Wildman–Crippen MR) is 70.1 cm³/mol. The zero-order chi connectivity index (χ0) is 12.6. The highest BCUT2D eigenvalue weighted by atomic mass is 15.0. The molecular formula is C10H32N4+4. The van der Waals surface area contributed by atoms with Gasteiger partial charge in [-0.2, -0.15) is 0 Å². The first-order valence-electron chi connectivity index (χ1n) is 4.46. The maximum absolute atomic E-state index is 3.25. The Morgan fingerprint density at radius 1 is 1.21 bits per heavy atom. The first kappa shape index (κ1) is 23.2. The minimum absolute atomic E-state index is 0. The van der Waals surface area contributed by atoms with Gasteiger partial charge in [0.25, 0.3) is 0 Å². The summed E-state index contributed by atoms with van der Waals surface area (Å²) in [6, 6.07) is 0. The van der Waals surface area contributed by atoms with E-state index < -0.39 is 0 Å². The number of aliphatic imine (C=N–C) groups is 1. The number of rotatable bonds is 0. The van der Waals surface area contributed by atoms with E-state index in [2.05, 4.69) is 44.6 Å². The molecule has 0 unspecified atom stereocenters. The van der Waals surface area contributed by atoms with E-state index in [1.807, 2.05) is 26.0 Å². The molecular weight excluding hydrogens is 176 g/mol.